The Kier molecular flexibility index (Phi) is 11.9. The zero-order chi connectivity index (χ0) is 10.5. The lowest BCUT2D eigenvalue weighted by molar-refractivity contribution is 0.601. The van der Waals surface area contributed by atoms with Crippen LogP contribution in [0, 0.1) is 0 Å². The van der Waals surface area contributed by atoms with Crippen LogP contribution in [0.2, 0.25) is 0 Å². The van der Waals surface area contributed by atoms with Crippen LogP contribution < -0.4 is 11.5 Å². The van der Waals surface area contributed by atoms with E-state index >= 15 is 0 Å². The molecule has 0 saturated heterocycles. The number of unbranched alkanes of at least 4 members (excludes halogenated alkanes) is 6. The Hall–Kier alpha value is -0.560. The maximum atomic E-state index is 5.41. The number of hydrogen-bond donors (Lipinski definition) is 2. The molecule has 0 aromatic rings. The van der Waals surface area contributed by atoms with Gasteiger partial charge in [-0.05, 0) is 38.0 Å². The highest BCUT2D eigenvalue weighted by Crippen LogP contribution is 2.06. The van der Waals surface area contributed by atoms with Gasteiger partial charge in [0, 0.05) is 6.54 Å². The predicted molar refractivity (Wildman–Crippen MR) is 63.1 cm³/mol. The zero-order valence-electron chi connectivity index (χ0n) is 9.17. The standard InChI is InChI=1S/C12H24N2/c13-11-9-7-5-3-1-2-4-6-8-10-12-14/h5,9H,1-4,6,8,10-14H2. The molecule has 82 valence electrons. The summed E-state index contributed by atoms with van der Waals surface area (Å²) in [7, 11) is 0. The third-order valence-corrected chi connectivity index (χ3v) is 2.16. The maximum Gasteiger partial charge on any atom is 0.0182 e. The zero-order valence-corrected chi connectivity index (χ0v) is 9.17. The molecule has 0 aliphatic heterocycles. The first-order valence-corrected chi connectivity index (χ1v) is 5.71. The van der Waals surface area contributed by atoms with Crippen molar-refractivity contribution in [3.63, 3.8) is 0 Å². The molecule has 0 radical (unpaired) electrons. The Bertz CT molecular complexity index is 158. The molecular formula is C12H24N2. The van der Waals surface area contributed by atoms with E-state index in [4.69, 9.17) is 11.5 Å². The van der Waals surface area contributed by atoms with Crippen LogP contribution in [0.15, 0.2) is 17.9 Å². The number of nitrogens with two attached hydrogens (primary N) is 2. The van der Waals surface area contributed by atoms with Crippen LogP contribution in [-0.4, -0.2) is 13.1 Å². The molecule has 0 fully saturated rings. The van der Waals surface area contributed by atoms with E-state index in [9.17, 15) is 0 Å². The Morgan fingerprint density at radius 2 is 1.43 bits per heavy atom. The lowest BCUT2D eigenvalue weighted by Gasteiger charge is -1.98. The summed E-state index contributed by atoms with van der Waals surface area (Å²) in [5.41, 5.74) is 13.8. The van der Waals surface area contributed by atoms with Crippen molar-refractivity contribution in [1.29, 1.82) is 0 Å². The van der Waals surface area contributed by atoms with Gasteiger partial charge in [0.25, 0.3) is 0 Å². The van der Waals surface area contributed by atoms with Crippen LogP contribution in [0.3, 0.4) is 0 Å². The van der Waals surface area contributed by atoms with Crippen molar-refractivity contribution in [3.05, 3.63) is 17.9 Å². The van der Waals surface area contributed by atoms with Gasteiger partial charge in [-0.15, -0.1) is 5.73 Å². The summed E-state index contributed by atoms with van der Waals surface area (Å²) in [4.78, 5) is 0. The van der Waals surface area contributed by atoms with E-state index in [0.29, 0.717) is 6.54 Å². The second-order valence-electron chi connectivity index (χ2n) is 3.51. The molecule has 0 aliphatic carbocycles. The van der Waals surface area contributed by atoms with Gasteiger partial charge < -0.3 is 11.5 Å². The summed E-state index contributed by atoms with van der Waals surface area (Å²) < 4.78 is 0. The SMILES string of the molecule is NCC=C=CCCCCCCCCN. The monoisotopic (exact) mass is 196 g/mol. The molecular weight excluding hydrogens is 172 g/mol. The van der Waals surface area contributed by atoms with E-state index in [2.05, 4.69) is 11.8 Å². The Labute approximate surface area is 88.1 Å². The third-order valence-electron chi connectivity index (χ3n) is 2.16. The Morgan fingerprint density at radius 3 is 2.07 bits per heavy atom. The molecule has 0 spiro atoms. The van der Waals surface area contributed by atoms with Gasteiger partial charge in [-0.25, -0.2) is 0 Å². The van der Waals surface area contributed by atoms with Gasteiger partial charge in [0.1, 0.15) is 0 Å². The fourth-order valence-electron chi connectivity index (χ4n) is 1.33. The molecule has 0 saturated carbocycles. The molecule has 2 nitrogen and oxygen atoms in total. The third kappa shape index (κ3) is 11.4. The smallest absolute Gasteiger partial charge is 0.0182 e. The van der Waals surface area contributed by atoms with Gasteiger partial charge in [-0.3, -0.25) is 0 Å². The minimum absolute atomic E-state index is 0.593. The molecule has 0 aromatic heterocycles. The molecule has 0 atom stereocenters. The van der Waals surface area contributed by atoms with Crippen LogP contribution in [0.4, 0.5) is 0 Å². The summed E-state index contributed by atoms with van der Waals surface area (Å²) in [6, 6.07) is 0. The summed E-state index contributed by atoms with van der Waals surface area (Å²) in [5, 5.41) is 0. The van der Waals surface area contributed by atoms with Gasteiger partial charge >= 0.3 is 0 Å². The molecule has 0 heterocycles. The van der Waals surface area contributed by atoms with Gasteiger partial charge in [0.05, 0.1) is 0 Å². The largest absolute Gasteiger partial charge is 0.330 e. The molecule has 0 unspecified atom stereocenters. The molecule has 4 N–H and O–H groups in total. The predicted octanol–water partition coefficient (Wildman–Crippen LogP) is 2.35. The summed E-state index contributed by atoms with van der Waals surface area (Å²) >= 11 is 0. The van der Waals surface area contributed by atoms with E-state index in [0.717, 1.165) is 13.0 Å². The highest BCUT2D eigenvalue weighted by atomic mass is 14.5. The van der Waals surface area contributed by atoms with Gasteiger partial charge in [-0.2, -0.15) is 0 Å². The van der Waals surface area contributed by atoms with E-state index in [1.165, 1.54) is 38.5 Å². The van der Waals surface area contributed by atoms with Crippen LogP contribution >= 0.6 is 0 Å². The Balaban J connectivity index is 3.02. The lowest BCUT2D eigenvalue weighted by atomic mass is 10.1. The first-order valence-electron chi connectivity index (χ1n) is 5.71. The van der Waals surface area contributed by atoms with Crippen LogP contribution in [-0.2, 0) is 0 Å². The topological polar surface area (TPSA) is 52.0 Å². The highest BCUT2D eigenvalue weighted by molar-refractivity contribution is 4.85. The second kappa shape index (κ2) is 12.4. The van der Waals surface area contributed by atoms with E-state index < -0.39 is 0 Å². The molecule has 2 heteroatoms. The Morgan fingerprint density at radius 1 is 0.786 bits per heavy atom. The normalized spacial score (nSPS) is 9.57. The van der Waals surface area contributed by atoms with E-state index in [1.807, 2.05) is 6.08 Å². The fourth-order valence-corrected chi connectivity index (χ4v) is 1.33. The van der Waals surface area contributed by atoms with E-state index in [1.54, 1.807) is 0 Å². The first kappa shape index (κ1) is 13.4. The molecule has 0 bridgehead atoms. The van der Waals surface area contributed by atoms with Crippen molar-refractivity contribution in [1.82, 2.24) is 0 Å². The van der Waals surface area contributed by atoms with Crippen molar-refractivity contribution in [3.8, 4) is 0 Å². The second-order valence-corrected chi connectivity index (χ2v) is 3.51. The highest BCUT2D eigenvalue weighted by Gasteiger charge is 1.88. The summed E-state index contributed by atoms with van der Waals surface area (Å²) in [6.07, 6.45) is 12.8. The summed E-state index contributed by atoms with van der Waals surface area (Å²) in [6.45, 7) is 1.43. The van der Waals surface area contributed by atoms with Gasteiger partial charge in [0.15, 0.2) is 0 Å². The van der Waals surface area contributed by atoms with Crippen molar-refractivity contribution in [2.75, 3.05) is 13.1 Å². The average Bonchev–Trinajstić information content (AvgIpc) is 2.21. The molecule has 0 rings (SSSR count). The van der Waals surface area contributed by atoms with Crippen molar-refractivity contribution in [2.45, 2.75) is 44.9 Å². The molecule has 0 aliphatic rings. The molecule has 14 heavy (non-hydrogen) atoms. The summed E-state index contributed by atoms with van der Waals surface area (Å²) in [5.74, 6) is 0. The van der Waals surface area contributed by atoms with Crippen LogP contribution in [0.5, 0.6) is 0 Å². The van der Waals surface area contributed by atoms with E-state index in [-0.39, 0.29) is 0 Å². The maximum absolute atomic E-state index is 5.41. The quantitative estimate of drug-likeness (QED) is 0.439. The van der Waals surface area contributed by atoms with Crippen molar-refractivity contribution in [2.24, 2.45) is 11.5 Å². The van der Waals surface area contributed by atoms with Crippen molar-refractivity contribution < 1.29 is 0 Å². The van der Waals surface area contributed by atoms with Crippen molar-refractivity contribution >= 4 is 0 Å². The van der Waals surface area contributed by atoms with Crippen LogP contribution in [0.25, 0.3) is 0 Å². The minimum Gasteiger partial charge on any atom is -0.330 e. The number of rotatable bonds is 9. The number of hydrogen-bond acceptors (Lipinski definition) is 2. The van der Waals surface area contributed by atoms with Gasteiger partial charge in [0.2, 0.25) is 0 Å². The van der Waals surface area contributed by atoms with Gasteiger partial charge in [-0.1, -0.05) is 25.7 Å². The lowest BCUT2D eigenvalue weighted by Crippen LogP contribution is -1.97. The molecule has 0 aromatic carbocycles. The van der Waals surface area contributed by atoms with Crippen LogP contribution in [0.1, 0.15) is 44.9 Å². The first-order chi connectivity index (χ1) is 6.91. The average molecular weight is 196 g/mol. The minimum atomic E-state index is 0.593. The fraction of sp³-hybridized carbons (Fsp3) is 0.750. The molecule has 0 amide bonds.